The van der Waals surface area contributed by atoms with E-state index in [2.05, 4.69) is 9.98 Å². The van der Waals surface area contributed by atoms with Gasteiger partial charge in [0.05, 0.1) is 14.2 Å². The van der Waals surface area contributed by atoms with Crippen molar-refractivity contribution in [2.45, 2.75) is 6.42 Å². The molecule has 0 aliphatic carbocycles. The van der Waals surface area contributed by atoms with Crippen LogP contribution >= 0.6 is 0 Å². The van der Waals surface area contributed by atoms with Crippen LogP contribution in [0, 0.1) is 0 Å². The van der Waals surface area contributed by atoms with Crippen LogP contribution in [0.4, 0.5) is 0 Å². The van der Waals surface area contributed by atoms with Crippen LogP contribution < -0.4 is 19.7 Å². The first-order valence-electron chi connectivity index (χ1n) is 7.85. The summed E-state index contributed by atoms with van der Waals surface area (Å²) in [6, 6.07) is 9.69. The Balaban J connectivity index is 0.00000338. The summed E-state index contributed by atoms with van der Waals surface area (Å²) in [6.07, 6.45) is 3.75. The molecule has 0 unspecified atom stereocenters. The van der Waals surface area contributed by atoms with Crippen LogP contribution in [0.15, 0.2) is 46.4 Å². The van der Waals surface area contributed by atoms with E-state index in [1.807, 2.05) is 0 Å². The summed E-state index contributed by atoms with van der Waals surface area (Å²) in [5, 5.41) is 23.6. The Bertz CT molecular complexity index is 700. The zero-order chi connectivity index (χ0) is 18.1. The van der Waals surface area contributed by atoms with Crippen molar-refractivity contribution < 1.29 is 36.8 Å². The van der Waals surface area contributed by atoms with Crippen LogP contribution in [0.2, 0.25) is 0 Å². The van der Waals surface area contributed by atoms with E-state index in [4.69, 9.17) is 9.47 Å². The third kappa shape index (κ3) is 5.79. The molecule has 141 valence electrons. The molecule has 0 heterocycles. The van der Waals surface area contributed by atoms with Crippen LogP contribution in [0.25, 0.3) is 0 Å². The molecular weight excluding hydrogens is 384 g/mol. The second kappa shape index (κ2) is 11.2. The van der Waals surface area contributed by atoms with Gasteiger partial charge in [0.15, 0.2) is 0 Å². The molecule has 2 aromatic rings. The molecule has 0 aliphatic heterocycles. The molecule has 0 N–H and O–H groups in total. The molecule has 7 heteroatoms. The van der Waals surface area contributed by atoms with E-state index in [1.54, 1.807) is 24.3 Å². The number of benzene rings is 2. The van der Waals surface area contributed by atoms with Crippen molar-refractivity contribution in [3.63, 3.8) is 0 Å². The Morgan fingerprint density at radius 1 is 0.808 bits per heavy atom. The topological polar surface area (TPSA) is 89.3 Å². The Hall–Kier alpha value is -2.50. The fourth-order valence-corrected chi connectivity index (χ4v) is 2.22. The van der Waals surface area contributed by atoms with Crippen molar-refractivity contribution in [3.05, 3.63) is 47.5 Å². The predicted molar refractivity (Wildman–Crippen MR) is 94.4 cm³/mol. The van der Waals surface area contributed by atoms with E-state index in [0.29, 0.717) is 42.1 Å². The molecule has 0 aliphatic rings. The van der Waals surface area contributed by atoms with Crippen molar-refractivity contribution in [1.82, 2.24) is 0 Å². The van der Waals surface area contributed by atoms with Crippen molar-refractivity contribution >= 4 is 12.4 Å². The van der Waals surface area contributed by atoms with Crippen molar-refractivity contribution in [1.29, 1.82) is 0 Å². The molecule has 0 spiro atoms. The summed E-state index contributed by atoms with van der Waals surface area (Å²) in [5.74, 6) is 0.766. The predicted octanol–water partition coefficient (Wildman–Crippen LogP) is 1.78. The van der Waals surface area contributed by atoms with Gasteiger partial charge in [-0.25, -0.2) is 0 Å². The Kier molecular flexibility index (Phi) is 9.26. The molecule has 0 fully saturated rings. The Morgan fingerprint density at radius 3 is 1.62 bits per heavy atom. The van der Waals surface area contributed by atoms with Crippen molar-refractivity contribution in [2.75, 3.05) is 27.3 Å². The summed E-state index contributed by atoms with van der Waals surface area (Å²) >= 11 is 0. The standard InChI is InChI=1S/C19H22N2O4.Cu/c1-24-18-8-3-6-16(22)14(18)12-20-10-5-11-21-13-15-17(23)7-4-9-19(15)25-2;/h3-4,6-9,12-13,22-23H,5,10-11H2,1-2H3;/q;+2/p-2. The zero-order valence-electron chi connectivity index (χ0n) is 14.6. The SMILES string of the molecule is COc1cccc([O-])c1C=NCCCN=Cc1c([O-])cccc1OC.[Cu+2]. The normalized spacial score (nSPS) is 10.8. The van der Waals surface area contributed by atoms with Gasteiger partial charge in [0, 0.05) is 36.6 Å². The van der Waals surface area contributed by atoms with E-state index in [-0.39, 0.29) is 28.6 Å². The molecule has 0 amide bonds. The molecule has 0 saturated heterocycles. The summed E-state index contributed by atoms with van der Waals surface area (Å²) in [7, 11) is 3.03. The van der Waals surface area contributed by atoms with Crippen LogP contribution in [-0.4, -0.2) is 39.7 Å². The summed E-state index contributed by atoms with van der Waals surface area (Å²) in [5.41, 5.74) is 0.886. The van der Waals surface area contributed by atoms with Gasteiger partial charge in [0.25, 0.3) is 0 Å². The number of methoxy groups -OCH3 is 2. The van der Waals surface area contributed by atoms with E-state index in [0.717, 1.165) is 0 Å². The first kappa shape index (κ1) is 21.5. The maximum Gasteiger partial charge on any atom is 2.00 e. The first-order chi connectivity index (χ1) is 12.2. The number of hydrogen-bond donors (Lipinski definition) is 0. The van der Waals surface area contributed by atoms with Gasteiger partial charge in [-0.2, -0.15) is 0 Å². The van der Waals surface area contributed by atoms with Crippen LogP contribution in [0.5, 0.6) is 23.0 Å². The minimum absolute atomic E-state index is 0. The molecule has 1 radical (unpaired) electrons. The number of hydrogen-bond acceptors (Lipinski definition) is 6. The Morgan fingerprint density at radius 2 is 1.23 bits per heavy atom. The fraction of sp³-hybridized carbons (Fsp3) is 0.263. The molecule has 0 bridgehead atoms. The van der Waals surface area contributed by atoms with Gasteiger partial charge >= 0.3 is 17.1 Å². The monoisotopic (exact) mass is 403 g/mol. The minimum Gasteiger partial charge on any atom is -0.872 e. The largest absolute Gasteiger partial charge is 2.00 e. The number of nitrogens with zero attached hydrogens (tertiary/aromatic N) is 2. The van der Waals surface area contributed by atoms with Crippen LogP contribution in [-0.2, 0) is 17.1 Å². The molecule has 26 heavy (non-hydrogen) atoms. The van der Waals surface area contributed by atoms with Crippen LogP contribution in [0.3, 0.4) is 0 Å². The van der Waals surface area contributed by atoms with Gasteiger partial charge in [0.2, 0.25) is 0 Å². The second-order valence-electron chi connectivity index (χ2n) is 5.17. The summed E-state index contributed by atoms with van der Waals surface area (Å²) in [4.78, 5) is 8.48. The van der Waals surface area contributed by atoms with Crippen LogP contribution in [0.1, 0.15) is 17.5 Å². The van der Waals surface area contributed by atoms with Crippen molar-refractivity contribution in [3.8, 4) is 23.0 Å². The van der Waals surface area contributed by atoms with E-state index in [9.17, 15) is 10.2 Å². The minimum atomic E-state index is -0.125. The van der Waals surface area contributed by atoms with Gasteiger partial charge in [-0.05, 0) is 18.6 Å². The van der Waals surface area contributed by atoms with Gasteiger partial charge in [-0.1, -0.05) is 35.8 Å². The van der Waals surface area contributed by atoms with Gasteiger partial charge in [-0.15, -0.1) is 0 Å². The maximum atomic E-state index is 11.8. The summed E-state index contributed by atoms with van der Waals surface area (Å²) in [6.45, 7) is 1.04. The van der Waals surface area contributed by atoms with Gasteiger partial charge < -0.3 is 19.7 Å². The smallest absolute Gasteiger partial charge is 0.872 e. The Labute approximate surface area is 163 Å². The number of ether oxygens (including phenoxy) is 2. The zero-order valence-corrected chi connectivity index (χ0v) is 15.5. The molecular formula is C19H20CuN2O4. The quantitative estimate of drug-likeness (QED) is 0.381. The third-order valence-corrected chi connectivity index (χ3v) is 3.51. The summed E-state index contributed by atoms with van der Waals surface area (Å²) < 4.78 is 10.3. The second-order valence-corrected chi connectivity index (χ2v) is 5.17. The molecule has 0 atom stereocenters. The van der Waals surface area contributed by atoms with Gasteiger partial charge in [0.1, 0.15) is 11.5 Å². The molecule has 6 nitrogen and oxygen atoms in total. The maximum absolute atomic E-state index is 11.8. The average molecular weight is 404 g/mol. The first-order valence-corrected chi connectivity index (χ1v) is 7.85. The molecule has 0 saturated carbocycles. The third-order valence-electron chi connectivity index (χ3n) is 3.51. The van der Waals surface area contributed by atoms with Crippen molar-refractivity contribution in [2.24, 2.45) is 9.98 Å². The molecule has 2 aromatic carbocycles. The molecule has 2 rings (SSSR count). The van der Waals surface area contributed by atoms with E-state index < -0.39 is 0 Å². The fourth-order valence-electron chi connectivity index (χ4n) is 2.22. The van der Waals surface area contributed by atoms with E-state index >= 15 is 0 Å². The molecule has 0 aromatic heterocycles. The van der Waals surface area contributed by atoms with Gasteiger partial charge in [-0.3, -0.25) is 9.98 Å². The average Bonchev–Trinajstić information content (AvgIpc) is 2.62. The number of aliphatic imine (C=N–C) groups is 2. The van der Waals surface area contributed by atoms with E-state index in [1.165, 1.54) is 38.8 Å². The number of rotatable bonds is 8.